The lowest BCUT2D eigenvalue weighted by molar-refractivity contribution is 0.768. The Bertz CT molecular complexity index is 469. The van der Waals surface area contributed by atoms with Crippen LogP contribution in [0.25, 0.3) is 11.1 Å². The van der Waals surface area contributed by atoms with E-state index in [1.807, 2.05) is 17.9 Å². The van der Waals surface area contributed by atoms with Crippen LogP contribution in [-0.4, -0.2) is 9.78 Å². The van der Waals surface area contributed by atoms with Gasteiger partial charge < -0.3 is 0 Å². The fourth-order valence-corrected chi connectivity index (χ4v) is 2.00. The molecule has 15 heavy (non-hydrogen) atoms. The zero-order chi connectivity index (χ0) is 10.8. The Morgan fingerprint density at radius 3 is 2.73 bits per heavy atom. The molecule has 0 radical (unpaired) electrons. The number of hydrogen-bond acceptors (Lipinski definition) is 1. The molecule has 0 fully saturated rings. The SMILES string of the molecule is CCc1c(C)cccc1-c1cnn(C)c1. The molecule has 0 aliphatic rings. The molecule has 0 saturated heterocycles. The van der Waals surface area contributed by atoms with E-state index in [1.54, 1.807) is 0 Å². The molecular weight excluding hydrogens is 184 g/mol. The molecule has 1 heterocycles. The molecule has 0 N–H and O–H groups in total. The summed E-state index contributed by atoms with van der Waals surface area (Å²) in [6.07, 6.45) is 5.05. The Morgan fingerprint density at radius 1 is 1.33 bits per heavy atom. The second-order valence-electron chi connectivity index (χ2n) is 3.86. The predicted molar refractivity (Wildman–Crippen MR) is 62.8 cm³/mol. The van der Waals surface area contributed by atoms with E-state index in [1.165, 1.54) is 22.3 Å². The second kappa shape index (κ2) is 3.89. The van der Waals surface area contributed by atoms with Crippen LogP contribution in [0, 0.1) is 6.92 Å². The third-order valence-electron chi connectivity index (χ3n) is 2.78. The molecule has 0 aliphatic carbocycles. The number of hydrogen-bond donors (Lipinski definition) is 0. The van der Waals surface area contributed by atoms with Gasteiger partial charge in [0.25, 0.3) is 0 Å². The van der Waals surface area contributed by atoms with Gasteiger partial charge in [-0.15, -0.1) is 0 Å². The largest absolute Gasteiger partial charge is 0.275 e. The van der Waals surface area contributed by atoms with Crippen molar-refractivity contribution in [2.45, 2.75) is 20.3 Å². The summed E-state index contributed by atoms with van der Waals surface area (Å²) in [5.74, 6) is 0. The van der Waals surface area contributed by atoms with Gasteiger partial charge in [-0.05, 0) is 30.0 Å². The van der Waals surface area contributed by atoms with E-state index in [0.717, 1.165) is 6.42 Å². The maximum Gasteiger partial charge on any atom is 0.0568 e. The quantitative estimate of drug-likeness (QED) is 0.728. The lowest BCUT2D eigenvalue weighted by Crippen LogP contribution is -1.90. The molecule has 0 atom stereocenters. The van der Waals surface area contributed by atoms with Crippen molar-refractivity contribution >= 4 is 0 Å². The van der Waals surface area contributed by atoms with Crippen LogP contribution in [0.5, 0.6) is 0 Å². The molecule has 1 aromatic heterocycles. The van der Waals surface area contributed by atoms with E-state index in [4.69, 9.17) is 0 Å². The highest BCUT2D eigenvalue weighted by Gasteiger charge is 2.06. The van der Waals surface area contributed by atoms with E-state index in [-0.39, 0.29) is 0 Å². The first-order valence-electron chi connectivity index (χ1n) is 5.30. The highest BCUT2D eigenvalue weighted by atomic mass is 15.2. The molecule has 0 amide bonds. The van der Waals surface area contributed by atoms with Crippen LogP contribution < -0.4 is 0 Å². The van der Waals surface area contributed by atoms with Crippen molar-refractivity contribution < 1.29 is 0 Å². The molecule has 0 aliphatic heterocycles. The lowest BCUT2D eigenvalue weighted by Gasteiger charge is -2.08. The fraction of sp³-hybridized carbons (Fsp3) is 0.308. The number of nitrogens with zero attached hydrogens (tertiary/aromatic N) is 2. The number of aromatic nitrogens is 2. The summed E-state index contributed by atoms with van der Waals surface area (Å²) in [6.45, 7) is 4.36. The molecule has 78 valence electrons. The monoisotopic (exact) mass is 200 g/mol. The van der Waals surface area contributed by atoms with Crippen LogP contribution in [0.2, 0.25) is 0 Å². The van der Waals surface area contributed by atoms with E-state index < -0.39 is 0 Å². The third kappa shape index (κ3) is 1.80. The molecule has 0 bridgehead atoms. The van der Waals surface area contributed by atoms with Crippen molar-refractivity contribution in [1.82, 2.24) is 9.78 Å². The van der Waals surface area contributed by atoms with E-state index in [2.05, 4.69) is 43.3 Å². The van der Waals surface area contributed by atoms with Gasteiger partial charge in [-0.3, -0.25) is 4.68 Å². The maximum atomic E-state index is 4.21. The molecule has 2 heteroatoms. The Kier molecular flexibility index (Phi) is 2.58. The van der Waals surface area contributed by atoms with Gasteiger partial charge in [0, 0.05) is 18.8 Å². The summed E-state index contributed by atoms with van der Waals surface area (Å²) in [5.41, 5.74) is 5.30. The number of benzene rings is 1. The number of aryl methyl sites for hydroxylation is 2. The van der Waals surface area contributed by atoms with Crippen LogP contribution >= 0.6 is 0 Å². The summed E-state index contributed by atoms with van der Waals surface area (Å²) < 4.78 is 1.84. The Balaban J connectivity index is 2.57. The molecule has 0 unspecified atom stereocenters. The predicted octanol–water partition coefficient (Wildman–Crippen LogP) is 2.96. The van der Waals surface area contributed by atoms with Crippen LogP contribution in [0.15, 0.2) is 30.6 Å². The first-order valence-corrected chi connectivity index (χ1v) is 5.30. The zero-order valence-corrected chi connectivity index (χ0v) is 9.49. The Morgan fingerprint density at radius 2 is 2.13 bits per heavy atom. The summed E-state index contributed by atoms with van der Waals surface area (Å²) >= 11 is 0. The molecule has 0 spiro atoms. The lowest BCUT2D eigenvalue weighted by atomic mass is 9.96. The van der Waals surface area contributed by atoms with Crippen LogP contribution in [-0.2, 0) is 13.5 Å². The number of rotatable bonds is 2. The van der Waals surface area contributed by atoms with Crippen molar-refractivity contribution in [3.8, 4) is 11.1 Å². The van der Waals surface area contributed by atoms with Crippen molar-refractivity contribution in [1.29, 1.82) is 0 Å². The molecule has 0 saturated carbocycles. The second-order valence-corrected chi connectivity index (χ2v) is 3.86. The van der Waals surface area contributed by atoms with Gasteiger partial charge in [-0.2, -0.15) is 5.10 Å². The smallest absolute Gasteiger partial charge is 0.0568 e. The minimum absolute atomic E-state index is 1.07. The Hall–Kier alpha value is -1.57. The molecule has 1 aromatic carbocycles. The minimum Gasteiger partial charge on any atom is -0.275 e. The van der Waals surface area contributed by atoms with Gasteiger partial charge in [0.1, 0.15) is 0 Å². The standard InChI is InChI=1S/C13H16N2/c1-4-12-10(2)6-5-7-13(12)11-8-14-15(3)9-11/h5-9H,4H2,1-3H3. The van der Waals surface area contributed by atoms with Crippen LogP contribution in [0.3, 0.4) is 0 Å². The van der Waals surface area contributed by atoms with Crippen LogP contribution in [0.1, 0.15) is 18.1 Å². The third-order valence-corrected chi connectivity index (χ3v) is 2.78. The van der Waals surface area contributed by atoms with Gasteiger partial charge in [0.15, 0.2) is 0 Å². The average molecular weight is 200 g/mol. The molecule has 2 rings (SSSR count). The summed E-state index contributed by atoms with van der Waals surface area (Å²) in [7, 11) is 1.95. The van der Waals surface area contributed by atoms with E-state index in [9.17, 15) is 0 Å². The van der Waals surface area contributed by atoms with Gasteiger partial charge in [-0.1, -0.05) is 25.1 Å². The van der Waals surface area contributed by atoms with E-state index >= 15 is 0 Å². The highest BCUT2D eigenvalue weighted by molar-refractivity contribution is 5.67. The molecule has 2 nitrogen and oxygen atoms in total. The highest BCUT2D eigenvalue weighted by Crippen LogP contribution is 2.25. The summed E-state index contributed by atoms with van der Waals surface area (Å²) in [6, 6.07) is 6.44. The first kappa shape index (κ1) is 9.97. The zero-order valence-electron chi connectivity index (χ0n) is 9.49. The van der Waals surface area contributed by atoms with Crippen molar-refractivity contribution in [3.05, 3.63) is 41.7 Å². The van der Waals surface area contributed by atoms with Gasteiger partial charge in [0.2, 0.25) is 0 Å². The minimum atomic E-state index is 1.07. The van der Waals surface area contributed by atoms with Gasteiger partial charge >= 0.3 is 0 Å². The maximum absolute atomic E-state index is 4.21. The topological polar surface area (TPSA) is 17.8 Å². The van der Waals surface area contributed by atoms with Crippen molar-refractivity contribution in [3.63, 3.8) is 0 Å². The van der Waals surface area contributed by atoms with Gasteiger partial charge in [0.05, 0.1) is 6.20 Å². The first-order chi connectivity index (χ1) is 7.22. The molecular formula is C13H16N2. The Labute approximate surface area is 90.6 Å². The normalized spacial score (nSPS) is 10.6. The summed E-state index contributed by atoms with van der Waals surface area (Å²) in [4.78, 5) is 0. The van der Waals surface area contributed by atoms with Gasteiger partial charge in [-0.25, -0.2) is 0 Å². The van der Waals surface area contributed by atoms with Crippen LogP contribution in [0.4, 0.5) is 0 Å². The average Bonchev–Trinajstić information content (AvgIpc) is 2.64. The summed E-state index contributed by atoms with van der Waals surface area (Å²) in [5, 5.41) is 4.21. The van der Waals surface area contributed by atoms with E-state index in [0.29, 0.717) is 0 Å². The fourth-order valence-electron chi connectivity index (χ4n) is 2.00. The van der Waals surface area contributed by atoms with Crippen molar-refractivity contribution in [2.24, 2.45) is 7.05 Å². The van der Waals surface area contributed by atoms with Crippen molar-refractivity contribution in [2.75, 3.05) is 0 Å². The molecule has 2 aromatic rings.